The zero-order chi connectivity index (χ0) is 30.3. The Morgan fingerprint density at radius 3 is 2.29 bits per heavy atom. The minimum absolute atomic E-state index is 0.253. The topological polar surface area (TPSA) is 61.3 Å². The maximum atomic E-state index is 6.74. The lowest BCUT2D eigenvalue weighted by Gasteiger charge is -2.65. The van der Waals surface area contributed by atoms with Crippen LogP contribution >= 0.6 is 0 Å². The Bertz CT molecular complexity index is 1050. The Balaban J connectivity index is 1.17. The van der Waals surface area contributed by atoms with Crippen LogP contribution in [0, 0.1) is 57.7 Å². The van der Waals surface area contributed by atoms with Crippen LogP contribution in [0.15, 0.2) is 18.2 Å². The molecule has 3 heteroatoms. The van der Waals surface area contributed by atoms with Crippen LogP contribution in [-0.2, 0) is 11.2 Å². The molecule has 1 aromatic rings. The molecule has 238 valence electrons. The van der Waals surface area contributed by atoms with E-state index in [2.05, 4.69) is 54.5 Å². The maximum Gasteiger partial charge on any atom is 0.0629 e. The highest BCUT2D eigenvalue weighted by Crippen LogP contribution is 2.70. The van der Waals surface area contributed by atoms with Crippen molar-refractivity contribution in [3.8, 4) is 0 Å². The van der Waals surface area contributed by atoms with Crippen molar-refractivity contribution in [1.82, 2.24) is 0 Å². The lowest BCUT2D eigenvalue weighted by molar-refractivity contribution is -0.191. The van der Waals surface area contributed by atoms with Gasteiger partial charge in [0.1, 0.15) is 0 Å². The Hall–Kier alpha value is -1.22. The molecule has 0 amide bonds. The third kappa shape index (κ3) is 6.03. The van der Waals surface area contributed by atoms with Crippen molar-refractivity contribution in [2.45, 2.75) is 144 Å². The molecule has 0 aliphatic heterocycles. The molecule has 0 saturated heterocycles. The van der Waals surface area contributed by atoms with Crippen molar-refractivity contribution in [3.63, 3.8) is 0 Å². The van der Waals surface area contributed by atoms with E-state index < -0.39 is 0 Å². The number of nitrogen functional groups attached to an aromatic ring is 2. The predicted molar refractivity (Wildman–Crippen MR) is 180 cm³/mol. The van der Waals surface area contributed by atoms with E-state index in [1.807, 2.05) is 12.1 Å². The highest BCUT2D eigenvalue weighted by molar-refractivity contribution is 5.56. The van der Waals surface area contributed by atoms with Gasteiger partial charge in [0.2, 0.25) is 0 Å². The summed E-state index contributed by atoms with van der Waals surface area (Å²) in [6, 6.07) is 5.93. The first kappa shape index (κ1) is 32.2. The number of rotatable bonds is 11. The molecular formula is C39H66N2O. The summed E-state index contributed by atoms with van der Waals surface area (Å²) in [6.45, 7) is 18.9. The maximum absolute atomic E-state index is 6.74. The molecule has 3 nitrogen and oxygen atoms in total. The Morgan fingerprint density at radius 2 is 1.55 bits per heavy atom. The second-order valence-electron chi connectivity index (χ2n) is 17.2. The molecular weight excluding hydrogens is 512 g/mol. The van der Waals surface area contributed by atoms with E-state index in [9.17, 15) is 0 Å². The predicted octanol–water partition coefficient (Wildman–Crippen LogP) is 10.3. The second-order valence-corrected chi connectivity index (χ2v) is 17.2. The summed E-state index contributed by atoms with van der Waals surface area (Å²) in [5, 5.41) is 0. The average Bonchev–Trinajstić information content (AvgIpc) is 3.27. The lowest BCUT2D eigenvalue weighted by Crippen LogP contribution is -2.59. The van der Waals surface area contributed by atoms with Crippen LogP contribution in [0.2, 0.25) is 0 Å². The van der Waals surface area contributed by atoms with E-state index >= 15 is 0 Å². The van der Waals surface area contributed by atoms with Crippen LogP contribution in [0.3, 0.4) is 0 Å². The molecule has 4 fully saturated rings. The number of aryl methyl sites for hydroxylation is 1. The number of anilines is 2. The minimum atomic E-state index is 0.253. The molecule has 2 unspecified atom stereocenters. The monoisotopic (exact) mass is 579 g/mol. The molecule has 0 radical (unpaired) electrons. The molecule has 5 rings (SSSR count). The summed E-state index contributed by atoms with van der Waals surface area (Å²) in [6.07, 6.45) is 19.4. The number of fused-ring (bicyclic) bond motifs is 5. The molecule has 0 aromatic heterocycles. The fourth-order valence-electron chi connectivity index (χ4n) is 11.9. The molecule has 4 saturated carbocycles. The SMILES string of the molecule is CC(C)CCC[C@@H](C)[C@H]1CC[C@H]2[C@@H]3CCC4C(C)(C)C(OCCCCc5ccc(N)cc5N)CC[C@]4(C)[C@H]3CC[C@]12C. The van der Waals surface area contributed by atoms with Crippen molar-refractivity contribution in [2.24, 2.45) is 57.7 Å². The van der Waals surface area contributed by atoms with Crippen LogP contribution in [0.4, 0.5) is 11.4 Å². The van der Waals surface area contributed by atoms with Crippen molar-refractivity contribution < 1.29 is 4.74 Å². The quantitative estimate of drug-likeness (QED) is 0.203. The summed E-state index contributed by atoms with van der Waals surface area (Å²) in [5.41, 5.74) is 16.2. The summed E-state index contributed by atoms with van der Waals surface area (Å²) in [7, 11) is 0. The molecule has 4 N–H and O–H groups in total. The normalized spacial score (nSPS) is 38.1. The van der Waals surface area contributed by atoms with Crippen LogP contribution in [0.1, 0.15) is 138 Å². The Labute approximate surface area is 259 Å². The van der Waals surface area contributed by atoms with E-state index in [0.29, 0.717) is 16.9 Å². The molecule has 0 spiro atoms. The Kier molecular flexibility index (Phi) is 9.69. The van der Waals surface area contributed by atoms with Crippen molar-refractivity contribution in [3.05, 3.63) is 23.8 Å². The Morgan fingerprint density at radius 1 is 0.810 bits per heavy atom. The van der Waals surface area contributed by atoms with Crippen LogP contribution in [0.25, 0.3) is 0 Å². The fraction of sp³-hybridized carbons (Fsp3) is 0.846. The molecule has 1 aromatic carbocycles. The molecule has 4 aliphatic carbocycles. The zero-order valence-electron chi connectivity index (χ0n) is 28.5. The second kappa shape index (κ2) is 12.6. The first-order chi connectivity index (χ1) is 19.9. The largest absolute Gasteiger partial charge is 0.399 e. The standard InChI is InChI=1S/C39H66N2O/c1-26(2)11-10-12-27(3)31-17-18-32-30-16-19-35-37(4,5)36(21-23-39(35,7)33(30)20-22-38(31,32)6)42-24-9-8-13-28-14-15-29(40)25-34(28)41/h14-15,25-27,30-33,35-36H,8-13,16-24,40-41H2,1-7H3/t27-,30+,31-,32+,33+,35?,36?,38-,39-/m1/s1. The van der Waals surface area contributed by atoms with Crippen LogP contribution in [-0.4, -0.2) is 12.7 Å². The molecule has 0 bridgehead atoms. The summed E-state index contributed by atoms with van der Waals surface area (Å²) < 4.78 is 6.74. The minimum Gasteiger partial charge on any atom is -0.399 e. The van der Waals surface area contributed by atoms with Crippen LogP contribution < -0.4 is 11.5 Å². The van der Waals surface area contributed by atoms with Gasteiger partial charge in [0, 0.05) is 18.0 Å². The van der Waals surface area contributed by atoms with Gasteiger partial charge in [-0.3, -0.25) is 0 Å². The first-order valence-electron chi connectivity index (χ1n) is 18.1. The number of ether oxygens (including phenoxy) is 1. The van der Waals surface area contributed by atoms with E-state index in [4.69, 9.17) is 16.2 Å². The fourth-order valence-corrected chi connectivity index (χ4v) is 11.9. The van der Waals surface area contributed by atoms with Gasteiger partial charge in [-0.2, -0.15) is 0 Å². The van der Waals surface area contributed by atoms with E-state index in [1.54, 1.807) is 0 Å². The summed E-state index contributed by atoms with van der Waals surface area (Å²) >= 11 is 0. The molecule has 4 aliphatic rings. The number of hydrogen-bond donors (Lipinski definition) is 2. The first-order valence-corrected chi connectivity index (χ1v) is 18.1. The average molecular weight is 579 g/mol. The highest BCUT2D eigenvalue weighted by Gasteiger charge is 2.63. The number of benzene rings is 1. The number of hydrogen-bond acceptors (Lipinski definition) is 3. The van der Waals surface area contributed by atoms with Crippen molar-refractivity contribution in [1.29, 1.82) is 0 Å². The van der Waals surface area contributed by atoms with Gasteiger partial charge in [0.15, 0.2) is 0 Å². The molecule has 42 heavy (non-hydrogen) atoms. The van der Waals surface area contributed by atoms with Gasteiger partial charge >= 0.3 is 0 Å². The van der Waals surface area contributed by atoms with Crippen molar-refractivity contribution >= 4 is 11.4 Å². The third-order valence-electron chi connectivity index (χ3n) is 14.1. The lowest BCUT2D eigenvalue weighted by atomic mass is 9.41. The smallest absolute Gasteiger partial charge is 0.0629 e. The van der Waals surface area contributed by atoms with Gasteiger partial charge in [-0.15, -0.1) is 0 Å². The molecule has 9 atom stereocenters. The van der Waals surface area contributed by atoms with E-state index in [1.165, 1.54) is 76.2 Å². The highest BCUT2D eigenvalue weighted by atomic mass is 16.5. The van der Waals surface area contributed by atoms with Gasteiger partial charge in [-0.25, -0.2) is 0 Å². The summed E-state index contributed by atoms with van der Waals surface area (Å²) in [4.78, 5) is 0. The summed E-state index contributed by atoms with van der Waals surface area (Å²) in [5.74, 6) is 6.35. The van der Waals surface area contributed by atoms with E-state index in [-0.39, 0.29) is 5.41 Å². The van der Waals surface area contributed by atoms with Gasteiger partial charge in [-0.05, 0) is 146 Å². The van der Waals surface area contributed by atoms with Gasteiger partial charge in [0.25, 0.3) is 0 Å². The van der Waals surface area contributed by atoms with Crippen molar-refractivity contribution in [2.75, 3.05) is 18.1 Å². The van der Waals surface area contributed by atoms with Crippen LogP contribution in [0.5, 0.6) is 0 Å². The molecule has 0 heterocycles. The van der Waals surface area contributed by atoms with Gasteiger partial charge in [0.05, 0.1) is 6.10 Å². The number of nitrogens with two attached hydrogens (primary N) is 2. The van der Waals surface area contributed by atoms with Gasteiger partial charge < -0.3 is 16.2 Å². The number of unbranched alkanes of at least 4 members (excludes halogenated alkanes) is 1. The van der Waals surface area contributed by atoms with Gasteiger partial charge in [-0.1, -0.05) is 73.8 Å². The third-order valence-corrected chi connectivity index (χ3v) is 14.1. The zero-order valence-corrected chi connectivity index (χ0v) is 28.5. The van der Waals surface area contributed by atoms with E-state index in [0.717, 1.165) is 78.7 Å².